The van der Waals surface area contributed by atoms with Gasteiger partial charge in [0.15, 0.2) is 0 Å². The van der Waals surface area contributed by atoms with E-state index in [-0.39, 0.29) is 17.9 Å². The van der Waals surface area contributed by atoms with Crippen LogP contribution >= 0.6 is 0 Å². The Morgan fingerprint density at radius 3 is 2.47 bits per heavy atom. The Morgan fingerprint density at radius 2 is 1.88 bits per heavy atom. The third-order valence-electron chi connectivity index (χ3n) is 2.95. The van der Waals surface area contributed by atoms with Crippen LogP contribution in [0.5, 0.6) is 0 Å². The minimum Gasteiger partial charge on any atom is -0.459 e. The molecule has 0 fully saturated rings. The molecule has 0 aromatic heterocycles. The molecule has 3 heteroatoms. The molecule has 2 unspecified atom stereocenters. The highest BCUT2D eigenvalue weighted by Crippen LogP contribution is 2.39. The molecular formula is C14H19NO2. The van der Waals surface area contributed by atoms with E-state index in [1.807, 2.05) is 45.0 Å². The molecule has 0 aliphatic heterocycles. The lowest BCUT2D eigenvalue weighted by atomic mass is 10.0. The third-order valence-corrected chi connectivity index (χ3v) is 2.95. The van der Waals surface area contributed by atoms with E-state index in [1.54, 1.807) is 0 Å². The molecule has 2 N–H and O–H groups in total. The summed E-state index contributed by atoms with van der Waals surface area (Å²) < 4.78 is 5.43. The largest absolute Gasteiger partial charge is 0.459 e. The van der Waals surface area contributed by atoms with Crippen LogP contribution in [-0.2, 0) is 9.53 Å². The molecule has 1 aromatic carbocycles. The molecule has 1 aliphatic rings. The molecule has 1 aromatic rings. The van der Waals surface area contributed by atoms with E-state index >= 15 is 0 Å². The number of hydrogen-bond donors (Lipinski definition) is 1. The van der Waals surface area contributed by atoms with Gasteiger partial charge < -0.3 is 10.5 Å². The van der Waals surface area contributed by atoms with Gasteiger partial charge in [-0.1, -0.05) is 24.3 Å². The Kier molecular flexibility index (Phi) is 2.96. The Bertz CT molecular complexity index is 434. The zero-order valence-corrected chi connectivity index (χ0v) is 10.6. The maximum atomic E-state index is 12.1. The highest BCUT2D eigenvalue weighted by Gasteiger charge is 2.35. The lowest BCUT2D eigenvalue weighted by Gasteiger charge is -2.22. The van der Waals surface area contributed by atoms with Gasteiger partial charge in [0.1, 0.15) is 5.60 Å². The van der Waals surface area contributed by atoms with Crippen LogP contribution in [0.1, 0.15) is 50.3 Å². The van der Waals surface area contributed by atoms with Gasteiger partial charge in [-0.05, 0) is 38.3 Å². The molecule has 0 saturated heterocycles. The van der Waals surface area contributed by atoms with Crippen LogP contribution in [0.25, 0.3) is 0 Å². The summed E-state index contributed by atoms with van der Waals surface area (Å²) in [5.41, 5.74) is 7.68. The number of fused-ring (bicyclic) bond motifs is 1. The first-order valence-electron chi connectivity index (χ1n) is 5.96. The molecule has 2 rings (SSSR count). The van der Waals surface area contributed by atoms with Crippen LogP contribution in [0.15, 0.2) is 24.3 Å². The Labute approximate surface area is 102 Å². The van der Waals surface area contributed by atoms with E-state index in [0.717, 1.165) is 11.1 Å². The van der Waals surface area contributed by atoms with Gasteiger partial charge in [-0.3, -0.25) is 4.79 Å². The summed E-state index contributed by atoms with van der Waals surface area (Å²) in [5, 5.41) is 0. The van der Waals surface area contributed by atoms with E-state index in [0.29, 0.717) is 6.42 Å². The van der Waals surface area contributed by atoms with Crippen molar-refractivity contribution in [2.45, 2.75) is 44.8 Å². The van der Waals surface area contributed by atoms with Crippen LogP contribution in [0, 0.1) is 0 Å². The van der Waals surface area contributed by atoms with Crippen LogP contribution in [0.3, 0.4) is 0 Å². The summed E-state index contributed by atoms with van der Waals surface area (Å²) in [4.78, 5) is 12.1. The van der Waals surface area contributed by atoms with E-state index in [2.05, 4.69) is 0 Å². The second kappa shape index (κ2) is 4.15. The van der Waals surface area contributed by atoms with Gasteiger partial charge >= 0.3 is 5.97 Å². The van der Waals surface area contributed by atoms with Gasteiger partial charge in [0.2, 0.25) is 0 Å². The topological polar surface area (TPSA) is 52.3 Å². The summed E-state index contributed by atoms with van der Waals surface area (Å²) in [6, 6.07) is 7.80. The molecule has 1 aliphatic carbocycles. The van der Waals surface area contributed by atoms with Crippen molar-refractivity contribution in [3.63, 3.8) is 0 Å². The monoisotopic (exact) mass is 233 g/mol. The lowest BCUT2D eigenvalue weighted by molar-refractivity contribution is -0.156. The predicted octanol–water partition coefficient (Wildman–Crippen LogP) is 2.52. The summed E-state index contributed by atoms with van der Waals surface area (Å²) in [5.74, 6) is -0.377. The molecule has 2 atom stereocenters. The average molecular weight is 233 g/mol. The van der Waals surface area contributed by atoms with E-state index < -0.39 is 5.60 Å². The lowest BCUT2D eigenvalue weighted by Crippen LogP contribution is -2.27. The van der Waals surface area contributed by atoms with Crippen molar-refractivity contribution in [1.29, 1.82) is 0 Å². The van der Waals surface area contributed by atoms with Crippen molar-refractivity contribution >= 4 is 5.97 Å². The predicted molar refractivity (Wildman–Crippen MR) is 66.6 cm³/mol. The Morgan fingerprint density at radius 1 is 1.29 bits per heavy atom. The van der Waals surface area contributed by atoms with Gasteiger partial charge in [0, 0.05) is 6.04 Å². The van der Waals surface area contributed by atoms with E-state index in [9.17, 15) is 4.79 Å². The summed E-state index contributed by atoms with van der Waals surface area (Å²) in [6.45, 7) is 5.64. The normalized spacial score (nSPS) is 23.3. The number of rotatable bonds is 1. The summed E-state index contributed by atoms with van der Waals surface area (Å²) in [6.07, 6.45) is 0.647. The zero-order valence-electron chi connectivity index (χ0n) is 10.6. The maximum Gasteiger partial charge on any atom is 0.314 e. The molecule has 92 valence electrons. The smallest absolute Gasteiger partial charge is 0.314 e. The number of carbonyl (C=O) groups is 1. The quantitative estimate of drug-likeness (QED) is 0.758. The summed E-state index contributed by atoms with van der Waals surface area (Å²) >= 11 is 0. The van der Waals surface area contributed by atoms with Gasteiger partial charge in [0.25, 0.3) is 0 Å². The summed E-state index contributed by atoms with van der Waals surface area (Å²) in [7, 11) is 0. The average Bonchev–Trinajstić information content (AvgIpc) is 2.55. The molecule has 0 spiro atoms. The van der Waals surface area contributed by atoms with Gasteiger partial charge in [0.05, 0.1) is 5.92 Å². The number of hydrogen-bond acceptors (Lipinski definition) is 3. The zero-order chi connectivity index (χ0) is 12.6. The number of nitrogens with two attached hydrogens (primary N) is 1. The number of esters is 1. The second-order valence-electron chi connectivity index (χ2n) is 5.56. The van der Waals surface area contributed by atoms with Gasteiger partial charge in [-0.15, -0.1) is 0 Å². The SMILES string of the molecule is CC(C)(C)OC(=O)C1CC(N)c2ccccc21. The second-order valence-corrected chi connectivity index (χ2v) is 5.56. The Balaban J connectivity index is 2.23. The highest BCUT2D eigenvalue weighted by molar-refractivity contribution is 5.80. The van der Waals surface area contributed by atoms with Crippen molar-refractivity contribution in [2.75, 3.05) is 0 Å². The number of carbonyl (C=O) groups excluding carboxylic acids is 1. The number of benzene rings is 1. The first-order valence-corrected chi connectivity index (χ1v) is 5.96. The Hall–Kier alpha value is -1.35. The fourth-order valence-electron chi connectivity index (χ4n) is 2.27. The fraction of sp³-hybridized carbons (Fsp3) is 0.500. The minimum atomic E-state index is -0.446. The van der Waals surface area contributed by atoms with E-state index in [4.69, 9.17) is 10.5 Å². The van der Waals surface area contributed by atoms with Crippen molar-refractivity contribution < 1.29 is 9.53 Å². The van der Waals surface area contributed by atoms with Crippen LogP contribution in [-0.4, -0.2) is 11.6 Å². The van der Waals surface area contributed by atoms with Crippen molar-refractivity contribution in [2.24, 2.45) is 5.73 Å². The van der Waals surface area contributed by atoms with Crippen molar-refractivity contribution in [3.8, 4) is 0 Å². The van der Waals surface area contributed by atoms with Gasteiger partial charge in [-0.2, -0.15) is 0 Å². The molecule has 0 bridgehead atoms. The molecular weight excluding hydrogens is 214 g/mol. The van der Waals surface area contributed by atoms with Crippen molar-refractivity contribution in [1.82, 2.24) is 0 Å². The molecule has 3 nitrogen and oxygen atoms in total. The number of ether oxygens (including phenoxy) is 1. The van der Waals surface area contributed by atoms with E-state index in [1.165, 1.54) is 0 Å². The third kappa shape index (κ3) is 2.50. The van der Waals surface area contributed by atoms with Crippen LogP contribution in [0.2, 0.25) is 0 Å². The first kappa shape index (κ1) is 12.1. The standard InChI is InChI=1S/C14H19NO2/c1-14(2,3)17-13(16)11-8-12(15)10-7-5-4-6-9(10)11/h4-7,11-12H,8,15H2,1-3H3. The first-order chi connectivity index (χ1) is 7.88. The molecule has 0 amide bonds. The molecule has 0 saturated carbocycles. The van der Waals surface area contributed by atoms with Crippen molar-refractivity contribution in [3.05, 3.63) is 35.4 Å². The minimum absolute atomic E-state index is 0.0521. The van der Waals surface area contributed by atoms with Crippen LogP contribution < -0.4 is 5.73 Å². The molecule has 17 heavy (non-hydrogen) atoms. The highest BCUT2D eigenvalue weighted by atomic mass is 16.6. The molecule has 0 heterocycles. The van der Waals surface area contributed by atoms with Crippen LogP contribution in [0.4, 0.5) is 0 Å². The maximum absolute atomic E-state index is 12.1. The van der Waals surface area contributed by atoms with Gasteiger partial charge in [-0.25, -0.2) is 0 Å². The fourth-order valence-corrected chi connectivity index (χ4v) is 2.27. The molecule has 0 radical (unpaired) electrons.